The van der Waals surface area contributed by atoms with Gasteiger partial charge in [-0.05, 0) is 58.3 Å². The molecule has 0 aliphatic carbocycles. The average molecular weight is 182 g/mol. The monoisotopic (exact) mass is 182 g/mol. The van der Waals surface area contributed by atoms with Crippen LogP contribution < -0.4 is 5.32 Å². The van der Waals surface area contributed by atoms with Crippen LogP contribution in [0.15, 0.2) is 0 Å². The van der Waals surface area contributed by atoms with Crippen molar-refractivity contribution in [1.82, 2.24) is 10.2 Å². The summed E-state index contributed by atoms with van der Waals surface area (Å²) in [6.07, 6.45) is 7.07. The zero-order valence-electron chi connectivity index (χ0n) is 8.76. The SMILES string of the molecule is CN1CCCCC2CNCCCC21. The van der Waals surface area contributed by atoms with Gasteiger partial charge >= 0.3 is 0 Å². The van der Waals surface area contributed by atoms with Crippen LogP contribution >= 0.6 is 0 Å². The third-order valence-corrected chi connectivity index (χ3v) is 3.71. The van der Waals surface area contributed by atoms with E-state index in [0.29, 0.717) is 0 Å². The summed E-state index contributed by atoms with van der Waals surface area (Å²) in [7, 11) is 2.31. The molecule has 0 aromatic carbocycles. The molecule has 2 aliphatic rings. The lowest BCUT2D eigenvalue weighted by atomic mass is 9.93. The van der Waals surface area contributed by atoms with Crippen molar-refractivity contribution in [3.8, 4) is 0 Å². The minimum Gasteiger partial charge on any atom is -0.316 e. The second-order valence-corrected chi connectivity index (χ2v) is 4.65. The zero-order valence-corrected chi connectivity index (χ0v) is 8.76. The van der Waals surface area contributed by atoms with Crippen LogP contribution in [-0.4, -0.2) is 37.6 Å². The van der Waals surface area contributed by atoms with Gasteiger partial charge in [0.05, 0.1) is 0 Å². The Morgan fingerprint density at radius 2 is 2.08 bits per heavy atom. The van der Waals surface area contributed by atoms with E-state index in [2.05, 4.69) is 17.3 Å². The predicted molar refractivity (Wildman–Crippen MR) is 55.9 cm³/mol. The van der Waals surface area contributed by atoms with Crippen molar-refractivity contribution in [3.05, 3.63) is 0 Å². The molecule has 0 aromatic rings. The molecule has 0 saturated carbocycles. The van der Waals surface area contributed by atoms with Crippen molar-refractivity contribution < 1.29 is 0 Å². The summed E-state index contributed by atoms with van der Waals surface area (Å²) in [6, 6.07) is 0.873. The van der Waals surface area contributed by atoms with Gasteiger partial charge in [0.25, 0.3) is 0 Å². The number of hydrogen-bond acceptors (Lipinski definition) is 2. The Morgan fingerprint density at radius 3 is 3.00 bits per heavy atom. The molecular formula is C11H22N2. The van der Waals surface area contributed by atoms with Crippen molar-refractivity contribution in [1.29, 1.82) is 0 Å². The van der Waals surface area contributed by atoms with Crippen LogP contribution in [0.3, 0.4) is 0 Å². The second-order valence-electron chi connectivity index (χ2n) is 4.65. The number of nitrogens with one attached hydrogen (secondary N) is 1. The number of nitrogens with zero attached hydrogens (tertiary/aromatic N) is 1. The molecule has 2 rings (SSSR count). The maximum Gasteiger partial charge on any atom is 0.0133 e. The van der Waals surface area contributed by atoms with Crippen molar-refractivity contribution in [3.63, 3.8) is 0 Å². The molecule has 2 aliphatic heterocycles. The average Bonchev–Trinajstić information content (AvgIpc) is 2.43. The van der Waals surface area contributed by atoms with Crippen molar-refractivity contribution in [2.24, 2.45) is 5.92 Å². The quantitative estimate of drug-likeness (QED) is 0.610. The van der Waals surface area contributed by atoms with E-state index >= 15 is 0 Å². The van der Waals surface area contributed by atoms with Crippen LogP contribution in [0.5, 0.6) is 0 Å². The molecule has 1 N–H and O–H groups in total. The van der Waals surface area contributed by atoms with E-state index in [1.54, 1.807) is 0 Å². The molecule has 2 unspecified atom stereocenters. The highest BCUT2D eigenvalue weighted by molar-refractivity contribution is 4.84. The third-order valence-electron chi connectivity index (χ3n) is 3.71. The third kappa shape index (κ3) is 2.23. The zero-order chi connectivity index (χ0) is 9.10. The van der Waals surface area contributed by atoms with Gasteiger partial charge in [0, 0.05) is 6.04 Å². The van der Waals surface area contributed by atoms with E-state index in [4.69, 9.17) is 0 Å². The molecule has 2 heteroatoms. The minimum atomic E-state index is 0.873. The van der Waals surface area contributed by atoms with Crippen molar-refractivity contribution in [2.45, 2.75) is 38.1 Å². The first kappa shape index (κ1) is 9.47. The summed E-state index contributed by atoms with van der Waals surface area (Å²) < 4.78 is 0. The predicted octanol–water partition coefficient (Wildman–Crippen LogP) is 1.47. The molecule has 2 fully saturated rings. The fraction of sp³-hybridized carbons (Fsp3) is 1.00. The standard InChI is InChI=1S/C11H22N2/c1-13-8-3-2-5-10-9-12-7-4-6-11(10)13/h10-12H,2-9H2,1H3. The Kier molecular flexibility index (Phi) is 3.23. The van der Waals surface area contributed by atoms with Crippen LogP contribution in [0.2, 0.25) is 0 Å². The van der Waals surface area contributed by atoms with Crippen molar-refractivity contribution >= 4 is 0 Å². The Bertz CT molecular complexity index is 156. The number of likely N-dealkylation sites (tertiary alicyclic amines) is 1. The van der Waals surface area contributed by atoms with E-state index in [0.717, 1.165) is 12.0 Å². The van der Waals surface area contributed by atoms with Gasteiger partial charge in [-0.15, -0.1) is 0 Å². The molecule has 2 nitrogen and oxygen atoms in total. The topological polar surface area (TPSA) is 15.3 Å². The van der Waals surface area contributed by atoms with Crippen LogP contribution in [0.4, 0.5) is 0 Å². The Hall–Kier alpha value is -0.0800. The minimum absolute atomic E-state index is 0.873. The molecule has 2 atom stereocenters. The van der Waals surface area contributed by atoms with Gasteiger partial charge in [-0.1, -0.05) is 6.42 Å². The van der Waals surface area contributed by atoms with Crippen LogP contribution in [0.25, 0.3) is 0 Å². The van der Waals surface area contributed by atoms with Crippen molar-refractivity contribution in [2.75, 3.05) is 26.7 Å². The molecule has 0 spiro atoms. The number of rotatable bonds is 0. The van der Waals surface area contributed by atoms with Crippen LogP contribution in [0, 0.1) is 5.92 Å². The summed E-state index contributed by atoms with van der Waals surface area (Å²) in [5.74, 6) is 0.926. The lowest BCUT2D eigenvalue weighted by Crippen LogP contribution is -2.38. The highest BCUT2D eigenvalue weighted by Gasteiger charge is 2.28. The van der Waals surface area contributed by atoms with Gasteiger partial charge in [-0.3, -0.25) is 0 Å². The summed E-state index contributed by atoms with van der Waals surface area (Å²) in [4.78, 5) is 2.60. The Balaban J connectivity index is 2.03. The molecular weight excluding hydrogens is 160 g/mol. The van der Waals surface area contributed by atoms with E-state index in [1.165, 1.54) is 51.7 Å². The van der Waals surface area contributed by atoms with E-state index < -0.39 is 0 Å². The summed E-state index contributed by atoms with van der Waals surface area (Å²) in [5.41, 5.74) is 0. The molecule has 2 heterocycles. The smallest absolute Gasteiger partial charge is 0.0133 e. The van der Waals surface area contributed by atoms with E-state index in [-0.39, 0.29) is 0 Å². The molecule has 0 radical (unpaired) electrons. The van der Waals surface area contributed by atoms with E-state index in [1.807, 2.05) is 0 Å². The highest BCUT2D eigenvalue weighted by Crippen LogP contribution is 2.25. The van der Waals surface area contributed by atoms with Gasteiger partial charge in [-0.25, -0.2) is 0 Å². The second kappa shape index (κ2) is 4.43. The van der Waals surface area contributed by atoms with Crippen LogP contribution in [0.1, 0.15) is 32.1 Å². The Morgan fingerprint density at radius 1 is 1.15 bits per heavy atom. The molecule has 0 bridgehead atoms. The molecule has 13 heavy (non-hydrogen) atoms. The summed E-state index contributed by atoms with van der Waals surface area (Å²) in [5, 5.41) is 3.57. The fourth-order valence-electron chi connectivity index (χ4n) is 2.90. The van der Waals surface area contributed by atoms with Gasteiger partial charge in [0.15, 0.2) is 0 Å². The van der Waals surface area contributed by atoms with Gasteiger partial charge in [0.1, 0.15) is 0 Å². The fourth-order valence-corrected chi connectivity index (χ4v) is 2.90. The molecule has 2 saturated heterocycles. The molecule has 76 valence electrons. The molecule has 0 amide bonds. The maximum absolute atomic E-state index is 3.57. The highest BCUT2D eigenvalue weighted by atomic mass is 15.1. The van der Waals surface area contributed by atoms with Crippen LogP contribution in [-0.2, 0) is 0 Å². The first-order chi connectivity index (χ1) is 6.38. The summed E-state index contributed by atoms with van der Waals surface area (Å²) in [6.45, 7) is 3.82. The first-order valence-corrected chi connectivity index (χ1v) is 5.79. The van der Waals surface area contributed by atoms with Gasteiger partial charge < -0.3 is 10.2 Å². The lowest BCUT2D eigenvalue weighted by molar-refractivity contribution is 0.187. The number of fused-ring (bicyclic) bond motifs is 1. The van der Waals surface area contributed by atoms with Gasteiger partial charge in [0.2, 0.25) is 0 Å². The van der Waals surface area contributed by atoms with E-state index in [9.17, 15) is 0 Å². The normalized spacial score (nSPS) is 37.6. The summed E-state index contributed by atoms with van der Waals surface area (Å²) >= 11 is 0. The first-order valence-electron chi connectivity index (χ1n) is 5.79. The Labute approximate surface area is 81.7 Å². The number of hydrogen-bond donors (Lipinski definition) is 1. The lowest BCUT2D eigenvalue weighted by Gasteiger charge is -2.30. The van der Waals surface area contributed by atoms with Gasteiger partial charge in [-0.2, -0.15) is 0 Å². The maximum atomic E-state index is 3.57. The molecule has 0 aromatic heterocycles. The largest absolute Gasteiger partial charge is 0.316 e.